The molecule has 2 aromatic carbocycles. The molecule has 4 rings (SSSR count). The fraction of sp³-hybridized carbons (Fsp3) is 0.464. The summed E-state index contributed by atoms with van der Waals surface area (Å²) >= 11 is 0. The number of carbonyl (C=O) groups is 3. The van der Waals surface area contributed by atoms with Gasteiger partial charge in [-0.15, -0.1) is 0 Å². The van der Waals surface area contributed by atoms with Crippen LogP contribution in [0, 0.1) is 0 Å². The topological polar surface area (TPSA) is 85.4 Å². The summed E-state index contributed by atoms with van der Waals surface area (Å²) < 4.78 is 16.0. The van der Waals surface area contributed by atoms with E-state index in [2.05, 4.69) is 12.1 Å². The van der Waals surface area contributed by atoms with Crippen molar-refractivity contribution in [3.05, 3.63) is 53.6 Å². The highest BCUT2D eigenvalue weighted by molar-refractivity contribution is 6.44. The quantitative estimate of drug-likeness (QED) is 0.371. The van der Waals surface area contributed by atoms with Gasteiger partial charge in [0.25, 0.3) is 0 Å². The van der Waals surface area contributed by atoms with Crippen LogP contribution in [0.15, 0.2) is 42.5 Å². The van der Waals surface area contributed by atoms with E-state index in [4.69, 9.17) is 14.2 Å². The Morgan fingerprint density at radius 3 is 2.28 bits per heavy atom. The van der Waals surface area contributed by atoms with Crippen LogP contribution in [0.4, 0.5) is 0 Å². The van der Waals surface area contributed by atoms with Gasteiger partial charge in [0.2, 0.25) is 23.2 Å². The van der Waals surface area contributed by atoms with Crippen molar-refractivity contribution < 1.29 is 28.6 Å². The highest BCUT2D eigenvalue weighted by Gasteiger charge is 2.41. The summed E-state index contributed by atoms with van der Waals surface area (Å²) in [6.45, 7) is 1.24. The van der Waals surface area contributed by atoms with E-state index in [0.717, 1.165) is 25.7 Å². The lowest BCUT2D eigenvalue weighted by Gasteiger charge is -2.38. The van der Waals surface area contributed by atoms with E-state index in [9.17, 15) is 14.4 Å². The normalized spacial score (nSPS) is 20.0. The first-order valence-corrected chi connectivity index (χ1v) is 12.4. The minimum Gasteiger partial charge on any atom is -0.493 e. The Labute approximate surface area is 212 Å². The second-order valence-corrected chi connectivity index (χ2v) is 9.29. The van der Waals surface area contributed by atoms with Crippen molar-refractivity contribution in [2.45, 2.75) is 44.2 Å². The molecule has 8 heteroatoms. The number of nitrogens with zero attached hydrogens (tertiary/aromatic N) is 2. The molecule has 0 aromatic heterocycles. The Hall–Kier alpha value is -3.39. The molecule has 2 aliphatic heterocycles. The Morgan fingerprint density at radius 1 is 0.944 bits per heavy atom. The van der Waals surface area contributed by atoms with Crippen LogP contribution >= 0.6 is 0 Å². The highest BCUT2D eigenvalue weighted by Crippen LogP contribution is 2.38. The second kappa shape index (κ2) is 11.6. The predicted octanol–water partition coefficient (Wildman–Crippen LogP) is 3.16. The molecule has 2 aliphatic rings. The first-order valence-electron chi connectivity index (χ1n) is 12.4. The Balaban J connectivity index is 1.49. The molecule has 8 nitrogen and oxygen atoms in total. The number of hydrogen-bond donors (Lipinski definition) is 0. The summed E-state index contributed by atoms with van der Waals surface area (Å²) in [6.07, 6.45) is 4.15. The van der Waals surface area contributed by atoms with Gasteiger partial charge in [0, 0.05) is 24.7 Å². The monoisotopic (exact) mass is 494 g/mol. The molecule has 0 spiro atoms. The Bertz CT molecular complexity index is 1080. The van der Waals surface area contributed by atoms with Crippen LogP contribution in [-0.4, -0.2) is 80.3 Å². The molecule has 0 saturated carbocycles. The summed E-state index contributed by atoms with van der Waals surface area (Å²) in [5, 5.41) is 0. The van der Waals surface area contributed by atoms with E-state index >= 15 is 0 Å². The van der Waals surface area contributed by atoms with E-state index in [-0.39, 0.29) is 30.1 Å². The van der Waals surface area contributed by atoms with Gasteiger partial charge in [-0.3, -0.25) is 19.3 Å². The van der Waals surface area contributed by atoms with E-state index in [1.807, 2.05) is 28.0 Å². The van der Waals surface area contributed by atoms with E-state index in [1.54, 1.807) is 0 Å². The second-order valence-electron chi connectivity index (χ2n) is 9.29. The molecule has 192 valence electrons. The van der Waals surface area contributed by atoms with Gasteiger partial charge in [-0.25, -0.2) is 0 Å². The molecule has 1 amide bonds. The molecule has 0 N–H and O–H groups in total. The van der Waals surface area contributed by atoms with Crippen molar-refractivity contribution in [2.75, 3.05) is 41.0 Å². The van der Waals surface area contributed by atoms with Crippen LogP contribution in [-0.2, 0) is 16.0 Å². The fourth-order valence-corrected chi connectivity index (χ4v) is 5.32. The molecule has 0 aliphatic carbocycles. The zero-order valence-electron chi connectivity index (χ0n) is 21.2. The van der Waals surface area contributed by atoms with Gasteiger partial charge in [-0.2, -0.15) is 0 Å². The summed E-state index contributed by atoms with van der Waals surface area (Å²) in [5.74, 6) is -0.155. The Kier molecular flexibility index (Phi) is 8.25. The van der Waals surface area contributed by atoms with Gasteiger partial charge >= 0.3 is 0 Å². The highest BCUT2D eigenvalue weighted by atomic mass is 16.5. The standard InChI is InChI=1S/C28H34N2O6/c1-34-24-16-20(17-25(35-2)27(24)36-3)26(32)23(31)18-30-21-10-7-11-22(30)28(33)29(15-13-21)14-12-19-8-5-4-6-9-19/h4-6,8-9,16-17,21-22H,7,10-15,18H2,1-3H3. The molecule has 2 unspecified atom stereocenters. The minimum absolute atomic E-state index is 0.0566. The summed E-state index contributed by atoms with van der Waals surface area (Å²) in [7, 11) is 4.40. The molecule has 2 saturated heterocycles. The van der Waals surface area contributed by atoms with Crippen molar-refractivity contribution in [1.82, 2.24) is 9.80 Å². The maximum atomic E-state index is 13.5. The predicted molar refractivity (Wildman–Crippen MR) is 135 cm³/mol. The van der Waals surface area contributed by atoms with Crippen LogP contribution in [0.2, 0.25) is 0 Å². The Morgan fingerprint density at radius 2 is 1.64 bits per heavy atom. The smallest absolute Gasteiger partial charge is 0.239 e. The number of piperidine rings is 1. The molecule has 36 heavy (non-hydrogen) atoms. The van der Waals surface area contributed by atoms with Gasteiger partial charge in [0.05, 0.1) is 33.9 Å². The number of benzene rings is 2. The first-order chi connectivity index (χ1) is 17.5. The molecule has 2 heterocycles. The SMILES string of the molecule is COc1cc(C(=O)C(=O)CN2C3CCCC2C(=O)N(CCc2ccccc2)CC3)cc(OC)c1OC. The van der Waals surface area contributed by atoms with Crippen molar-refractivity contribution in [1.29, 1.82) is 0 Å². The lowest BCUT2D eigenvalue weighted by molar-refractivity contribution is -0.137. The lowest BCUT2D eigenvalue weighted by Crippen LogP contribution is -2.53. The third-order valence-electron chi connectivity index (χ3n) is 7.23. The van der Waals surface area contributed by atoms with Crippen molar-refractivity contribution in [3.8, 4) is 17.2 Å². The van der Waals surface area contributed by atoms with E-state index < -0.39 is 11.6 Å². The number of carbonyl (C=O) groups excluding carboxylic acids is 3. The minimum atomic E-state index is -0.634. The van der Waals surface area contributed by atoms with Gasteiger partial charge in [-0.05, 0) is 49.8 Å². The number of ketones is 2. The first kappa shape index (κ1) is 25.7. The number of Topliss-reactive ketones (excluding diaryl/α,β-unsaturated/α-hetero) is 2. The van der Waals surface area contributed by atoms with Crippen LogP contribution in [0.5, 0.6) is 17.2 Å². The van der Waals surface area contributed by atoms with Crippen molar-refractivity contribution in [3.63, 3.8) is 0 Å². The molecular weight excluding hydrogens is 460 g/mol. The maximum absolute atomic E-state index is 13.5. The summed E-state index contributed by atoms with van der Waals surface area (Å²) in [4.78, 5) is 43.7. The number of hydrogen-bond acceptors (Lipinski definition) is 7. The molecule has 2 fully saturated rings. The van der Waals surface area contributed by atoms with Gasteiger partial charge in [0.1, 0.15) is 0 Å². The third kappa shape index (κ3) is 5.38. The average molecular weight is 495 g/mol. The summed E-state index contributed by atoms with van der Waals surface area (Å²) in [5.41, 5.74) is 1.37. The largest absolute Gasteiger partial charge is 0.493 e. The number of amides is 1. The zero-order valence-corrected chi connectivity index (χ0v) is 21.2. The van der Waals surface area contributed by atoms with Crippen LogP contribution < -0.4 is 14.2 Å². The average Bonchev–Trinajstić information content (AvgIpc) is 2.97. The lowest BCUT2D eigenvalue weighted by atomic mass is 9.93. The molecule has 2 aromatic rings. The maximum Gasteiger partial charge on any atom is 0.239 e. The van der Waals surface area contributed by atoms with Crippen molar-refractivity contribution >= 4 is 17.5 Å². The number of methoxy groups -OCH3 is 3. The zero-order chi connectivity index (χ0) is 25.7. The van der Waals surface area contributed by atoms with Gasteiger partial charge < -0.3 is 19.1 Å². The molecule has 2 bridgehead atoms. The van der Waals surface area contributed by atoms with Gasteiger partial charge in [-0.1, -0.05) is 30.3 Å². The van der Waals surface area contributed by atoms with E-state index in [1.165, 1.54) is 39.0 Å². The fourth-order valence-electron chi connectivity index (χ4n) is 5.32. The summed E-state index contributed by atoms with van der Waals surface area (Å²) in [6, 6.07) is 12.8. The number of ether oxygens (including phenoxy) is 3. The van der Waals surface area contributed by atoms with Crippen LogP contribution in [0.25, 0.3) is 0 Å². The van der Waals surface area contributed by atoms with Crippen LogP contribution in [0.1, 0.15) is 41.6 Å². The third-order valence-corrected chi connectivity index (χ3v) is 7.23. The number of rotatable bonds is 10. The molecule has 2 atom stereocenters. The van der Waals surface area contributed by atoms with E-state index in [0.29, 0.717) is 36.8 Å². The molecular formula is C28H34N2O6. The number of fused-ring (bicyclic) bond motifs is 2. The van der Waals surface area contributed by atoms with Crippen LogP contribution in [0.3, 0.4) is 0 Å². The molecule has 0 radical (unpaired) electrons. The van der Waals surface area contributed by atoms with Gasteiger partial charge in [0.15, 0.2) is 11.5 Å². The van der Waals surface area contributed by atoms with Crippen molar-refractivity contribution in [2.24, 2.45) is 0 Å².